The fraction of sp³-hybridized carbons (Fsp3) is 0.462. The van der Waals surface area contributed by atoms with Crippen molar-refractivity contribution in [3.8, 4) is 0 Å². The lowest BCUT2D eigenvalue weighted by Crippen LogP contribution is -2.38. The molecule has 7 heteroatoms. The van der Waals surface area contributed by atoms with Crippen LogP contribution in [0.3, 0.4) is 0 Å². The molecule has 0 atom stereocenters. The van der Waals surface area contributed by atoms with Crippen LogP contribution in [0.5, 0.6) is 0 Å². The van der Waals surface area contributed by atoms with Crippen molar-refractivity contribution in [2.75, 3.05) is 6.54 Å². The predicted molar refractivity (Wildman–Crippen MR) is 69.0 cm³/mol. The molecule has 1 aromatic rings. The Bertz CT molecular complexity index is 483. The van der Waals surface area contributed by atoms with Crippen LogP contribution in [0, 0.1) is 11.2 Å². The number of nitrogens with one attached hydrogen (secondary N) is 1. The summed E-state index contributed by atoms with van der Waals surface area (Å²) in [7, 11) is 0. The van der Waals surface area contributed by atoms with Crippen LogP contribution in [-0.4, -0.2) is 29.5 Å². The second-order valence-electron chi connectivity index (χ2n) is 4.88. The van der Waals surface area contributed by atoms with Crippen LogP contribution >= 0.6 is 0 Å². The molecule has 0 fully saturated rings. The number of nitrogens with two attached hydrogens (primary N) is 1. The molecular weight excluding hydrogens is 274 g/mol. The molecule has 3 N–H and O–H groups in total. The maximum absolute atomic E-state index is 13.4. The molecule has 3 nitrogen and oxygen atoms in total. The Balaban J connectivity index is 2.96. The van der Waals surface area contributed by atoms with E-state index in [1.807, 2.05) is 0 Å². The summed E-state index contributed by atoms with van der Waals surface area (Å²) in [6.45, 7) is 2.14. The summed E-state index contributed by atoms with van der Waals surface area (Å²) in [5, 5.41) is 7.26. The number of amidine groups is 1. The predicted octanol–water partition coefficient (Wildman–Crippen LogP) is 2.88. The van der Waals surface area contributed by atoms with Crippen molar-refractivity contribution in [2.24, 2.45) is 5.73 Å². The maximum atomic E-state index is 13.4. The molecule has 0 aliphatic heterocycles. The molecule has 0 bridgehead atoms. The van der Waals surface area contributed by atoms with Crippen molar-refractivity contribution in [2.45, 2.75) is 32.6 Å². The Hall–Kier alpha value is -1.63. The van der Waals surface area contributed by atoms with E-state index in [1.54, 1.807) is 13.8 Å². The van der Waals surface area contributed by atoms with Gasteiger partial charge in [0.1, 0.15) is 11.7 Å². The first-order chi connectivity index (χ1) is 9.08. The smallest absolute Gasteiger partial charge is 0.384 e. The van der Waals surface area contributed by atoms with E-state index in [1.165, 1.54) is 11.0 Å². The first-order valence-corrected chi connectivity index (χ1v) is 6.03. The zero-order valence-corrected chi connectivity index (χ0v) is 11.3. The second-order valence-corrected chi connectivity index (χ2v) is 4.88. The second kappa shape index (κ2) is 6.21. The van der Waals surface area contributed by atoms with Gasteiger partial charge in [-0.15, -0.1) is 0 Å². The van der Waals surface area contributed by atoms with Gasteiger partial charge in [-0.2, -0.15) is 13.2 Å². The number of hydrogen-bond acceptors (Lipinski definition) is 2. The molecule has 0 heterocycles. The normalized spacial score (nSPS) is 12.2. The van der Waals surface area contributed by atoms with Gasteiger partial charge in [-0.25, -0.2) is 4.39 Å². The molecule has 0 saturated carbocycles. The SMILES string of the molecule is CC(C)N(Cc1cc(F)cc(C(=N)N)c1)CC(F)(F)F. The highest BCUT2D eigenvalue weighted by molar-refractivity contribution is 5.95. The van der Waals surface area contributed by atoms with E-state index in [9.17, 15) is 17.6 Å². The summed E-state index contributed by atoms with van der Waals surface area (Å²) in [5.74, 6) is -0.943. The average Bonchev–Trinajstić information content (AvgIpc) is 2.25. The zero-order chi connectivity index (χ0) is 15.5. The summed E-state index contributed by atoms with van der Waals surface area (Å²) in [6, 6.07) is 3.31. The monoisotopic (exact) mass is 291 g/mol. The van der Waals surface area contributed by atoms with E-state index in [0.717, 1.165) is 12.1 Å². The number of alkyl halides is 3. The van der Waals surface area contributed by atoms with Crippen LogP contribution in [0.25, 0.3) is 0 Å². The molecule has 0 saturated heterocycles. The highest BCUT2D eigenvalue weighted by Crippen LogP contribution is 2.20. The number of halogens is 4. The summed E-state index contributed by atoms with van der Waals surface area (Å²) >= 11 is 0. The van der Waals surface area contributed by atoms with E-state index in [4.69, 9.17) is 11.1 Å². The van der Waals surface area contributed by atoms with Crippen molar-refractivity contribution in [3.05, 3.63) is 35.1 Å². The average molecular weight is 291 g/mol. The van der Waals surface area contributed by atoms with Gasteiger partial charge in [-0.05, 0) is 37.6 Å². The molecule has 0 unspecified atom stereocenters. The number of nitrogens with zero attached hydrogens (tertiary/aromatic N) is 1. The minimum Gasteiger partial charge on any atom is -0.384 e. The Morgan fingerprint density at radius 2 is 1.90 bits per heavy atom. The Labute approximate surface area is 114 Å². The Kier molecular flexibility index (Phi) is 5.10. The molecule has 0 aromatic heterocycles. The minimum absolute atomic E-state index is 0.0603. The van der Waals surface area contributed by atoms with Crippen LogP contribution in [0.1, 0.15) is 25.0 Å². The van der Waals surface area contributed by atoms with Gasteiger partial charge in [-0.1, -0.05) is 0 Å². The molecule has 0 spiro atoms. The van der Waals surface area contributed by atoms with E-state index in [0.29, 0.717) is 5.56 Å². The fourth-order valence-electron chi connectivity index (χ4n) is 1.78. The van der Waals surface area contributed by atoms with E-state index in [2.05, 4.69) is 0 Å². The van der Waals surface area contributed by atoms with Crippen molar-refractivity contribution in [1.29, 1.82) is 5.41 Å². The summed E-state index contributed by atoms with van der Waals surface area (Å²) in [5.41, 5.74) is 5.78. The summed E-state index contributed by atoms with van der Waals surface area (Å²) in [6.07, 6.45) is -4.32. The Morgan fingerprint density at radius 1 is 1.30 bits per heavy atom. The van der Waals surface area contributed by atoms with Crippen LogP contribution in [0.4, 0.5) is 17.6 Å². The lowest BCUT2D eigenvalue weighted by Gasteiger charge is -2.27. The lowest BCUT2D eigenvalue weighted by atomic mass is 10.1. The summed E-state index contributed by atoms with van der Waals surface area (Å²) < 4.78 is 50.8. The van der Waals surface area contributed by atoms with E-state index in [-0.39, 0.29) is 24.0 Å². The first-order valence-electron chi connectivity index (χ1n) is 6.03. The van der Waals surface area contributed by atoms with Crippen LogP contribution in [-0.2, 0) is 6.54 Å². The highest BCUT2D eigenvalue weighted by atomic mass is 19.4. The Morgan fingerprint density at radius 3 is 2.35 bits per heavy atom. The van der Waals surface area contributed by atoms with Crippen LogP contribution < -0.4 is 5.73 Å². The molecule has 0 amide bonds. The van der Waals surface area contributed by atoms with Crippen LogP contribution in [0.2, 0.25) is 0 Å². The largest absolute Gasteiger partial charge is 0.401 e. The molecule has 20 heavy (non-hydrogen) atoms. The number of rotatable bonds is 5. The van der Waals surface area contributed by atoms with E-state index >= 15 is 0 Å². The minimum atomic E-state index is -4.32. The topological polar surface area (TPSA) is 53.1 Å². The molecule has 0 aliphatic rings. The van der Waals surface area contributed by atoms with Crippen molar-refractivity contribution < 1.29 is 17.6 Å². The van der Waals surface area contributed by atoms with Gasteiger partial charge in [-0.3, -0.25) is 10.3 Å². The lowest BCUT2D eigenvalue weighted by molar-refractivity contribution is -0.150. The van der Waals surface area contributed by atoms with Gasteiger partial charge >= 0.3 is 6.18 Å². The fourth-order valence-corrected chi connectivity index (χ4v) is 1.78. The van der Waals surface area contributed by atoms with Gasteiger partial charge in [0.25, 0.3) is 0 Å². The third-order valence-electron chi connectivity index (χ3n) is 2.77. The number of nitrogen functional groups attached to an aromatic ring is 1. The third kappa shape index (κ3) is 5.16. The molecular formula is C13H17F4N3. The number of benzene rings is 1. The van der Waals surface area contributed by atoms with Crippen LogP contribution in [0.15, 0.2) is 18.2 Å². The molecule has 0 radical (unpaired) electrons. The number of hydrogen-bond donors (Lipinski definition) is 2. The quantitative estimate of drug-likeness (QED) is 0.498. The molecule has 0 aliphatic carbocycles. The maximum Gasteiger partial charge on any atom is 0.401 e. The summed E-state index contributed by atoms with van der Waals surface area (Å²) in [4.78, 5) is 1.18. The van der Waals surface area contributed by atoms with Crippen molar-refractivity contribution in [1.82, 2.24) is 4.90 Å². The van der Waals surface area contributed by atoms with E-state index < -0.39 is 18.5 Å². The van der Waals surface area contributed by atoms with Crippen molar-refractivity contribution in [3.63, 3.8) is 0 Å². The zero-order valence-electron chi connectivity index (χ0n) is 11.3. The van der Waals surface area contributed by atoms with Crippen molar-refractivity contribution >= 4 is 5.84 Å². The van der Waals surface area contributed by atoms with Gasteiger partial charge in [0, 0.05) is 18.2 Å². The third-order valence-corrected chi connectivity index (χ3v) is 2.77. The first kappa shape index (κ1) is 16.4. The van der Waals surface area contributed by atoms with Gasteiger partial charge in [0.15, 0.2) is 0 Å². The van der Waals surface area contributed by atoms with Gasteiger partial charge in [0.05, 0.1) is 6.54 Å². The van der Waals surface area contributed by atoms with Gasteiger partial charge in [0.2, 0.25) is 0 Å². The standard InChI is InChI=1S/C13H17F4N3/c1-8(2)20(7-13(15,16)17)6-9-3-10(12(18)19)5-11(14)4-9/h3-5,8H,6-7H2,1-2H3,(H3,18,19). The molecule has 112 valence electrons. The molecule has 1 rings (SSSR count). The molecule has 1 aromatic carbocycles. The van der Waals surface area contributed by atoms with Gasteiger partial charge < -0.3 is 5.73 Å². The highest BCUT2D eigenvalue weighted by Gasteiger charge is 2.31.